The highest BCUT2D eigenvalue weighted by Gasteiger charge is 2.12. The maximum atomic E-state index is 12.0. The molecule has 1 amide bonds. The highest BCUT2D eigenvalue weighted by molar-refractivity contribution is 5.91. The Bertz CT molecular complexity index is 453. The van der Waals surface area contributed by atoms with Crippen LogP contribution in [0, 0.1) is 0 Å². The first kappa shape index (κ1) is 15.8. The standard InChI is InChI=1S/C19H27NO/c1-2-16-10-12-17(13-11-16)14-15-19(21)20-18-8-6-4-3-5-7-9-18/h10-15,18H,2-9H2,1H3,(H,20,21)/b15-14-. The van der Waals surface area contributed by atoms with E-state index < -0.39 is 0 Å². The first-order valence-electron chi connectivity index (χ1n) is 8.35. The van der Waals surface area contributed by atoms with E-state index in [2.05, 4.69) is 36.5 Å². The molecule has 114 valence electrons. The molecule has 0 spiro atoms. The summed E-state index contributed by atoms with van der Waals surface area (Å²) in [6, 6.07) is 8.74. The number of nitrogens with one attached hydrogen (secondary N) is 1. The average molecular weight is 285 g/mol. The van der Waals surface area contributed by atoms with Crippen molar-refractivity contribution < 1.29 is 4.79 Å². The Morgan fingerprint density at radius 3 is 2.33 bits per heavy atom. The Kier molecular flexibility index (Phi) is 6.52. The Hall–Kier alpha value is -1.57. The Morgan fingerprint density at radius 1 is 1.10 bits per heavy atom. The van der Waals surface area contributed by atoms with E-state index >= 15 is 0 Å². The van der Waals surface area contributed by atoms with Crippen LogP contribution in [0.3, 0.4) is 0 Å². The normalized spacial score (nSPS) is 17.4. The van der Waals surface area contributed by atoms with Crippen LogP contribution in [0.5, 0.6) is 0 Å². The third kappa shape index (κ3) is 5.74. The average Bonchev–Trinajstić information content (AvgIpc) is 2.48. The lowest BCUT2D eigenvalue weighted by molar-refractivity contribution is -0.117. The smallest absolute Gasteiger partial charge is 0.244 e. The molecule has 1 aliphatic carbocycles. The van der Waals surface area contributed by atoms with E-state index in [1.54, 1.807) is 6.08 Å². The van der Waals surface area contributed by atoms with Crippen LogP contribution in [0.2, 0.25) is 0 Å². The zero-order valence-electron chi connectivity index (χ0n) is 13.1. The zero-order chi connectivity index (χ0) is 14.9. The summed E-state index contributed by atoms with van der Waals surface area (Å²) >= 11 is 0. The predicted octanol–water partition coefficient (Wildman–Crippen LogP) is 4.49. The van der Waals surface area contributed by atoms with Gasteiger partial charge in [-0.3, -0.25) is 4.79 Å². The van der Waals surface area contributed by atoms with Crippen molar-refractivity contribution in [2.45, 2.75) is 64.3 Å². The maximum absolute atomic E-state index is 12.0. The molecule has 2 nitrogen and oxygen atoms in total. The number of hydrogen-bond acceptors (Lipinski definition) is 1. The quantitative estimate of drug-likeness (QED) is 0.811. The van der Waals surface area contributed by atoms with E-state index in [9.17, 15) is 4.79 Å². The van der Waals surface area contributed by atoms with E-state index in [1.807, 2.05) is 6.08 Å². The largest absolute Gasteiger partial charge is 0.350 e. The van der Waals surface area contributed by atoms with Crippen LogP contribution in [0.25, 0.3) is 6.08 Å². The molecule has 1 aliphatic rings. The van der Waals surface area contributed by atoms with E-state index in [1.165, 1.54) is 37.7 Å². The van der Waals surface area contributed by atoms with Crippen molar-refractivity contribution in [1.82, 2.24) is 5.32 Å². The van der Waals surface area contributed by atoms with Gasteiger partial charge in [-0.1, -0.05) is 63.3 Å². The molecule has 1 aromatic carbocycles. The van der Waals surface area contributed by atoms with Crippen molar-refractivity contribution in [2.24, 2.45) is 0 Å². The lowest BCUT2D eigenvalue weighted by atomic mass is 9.97. The fourth-order valence-electron chi connectivity index (χ4n) is 2.89. The van der Waals surface area contributed by atoms with Crippen LogP contribution < -0.4 is 5.32 Å². The second kappa shape index (κ2) is 8.66. The van der Waals surface area contributed by atoms with Gasteiger partial charge in [0.15, 0.2) is 0 Å². The van der Waals surface area contributed by atoms with Crippen LogP contribution in [-0.2, 0) is 11.2 Å². The number of carbonyl (C=O) groups excluding carboxylic acids is 1. The molecule has 0 saturated heterocycles. The lowest BCUT2D eigenvalue weighted by Crippen LogP contribution is -2.34. The highest BCUT2D eigenvalue weighted by atomic mass is 16.1. The molecule has 0 aromatic heterocycles. The van der Waals surface area contributed by atoms with Gasteiger partial charge in [0.1, 0.15) is 0 Å². The molecule has 1 fully saturated rings. The summed E-state index contributed by atoms with van der Waals surface area (Å²) < 4.78 is 0. The van der Waals surface area contributed by atoms with Crippen molar-refractivity contribution in [3.63, 3.8) is 0 Å². The summed E-state index contributed by atoms with van der Waals surface area (Å²) in [7, 11) is 0. The molecule has 1 N–H and O–H groups in total. The van der Waals surface area contributed by atoms with Gasteiger partial charge in [-0.15, -0.1) is 0 Å². The van der Waals surface area contributed by atoms with Gasteiger partial charge < -0.3 is 5.32 Å². The molecule has 1 saturated carbocycles. The van der Waals surface area contributed by atoms with Gasteiger partial charge in [-0.25, -0.2) is 0 Å². The van der Waals surface area contributed by atoms with Crippen molar-refractivity contribution in [1.29, 1.82) is 0 Å². The van der Waals surface area contributed by atoms with Gasteiger partial charge in [0.25, 0.3) is 0 Å². The molecule has 2 rings (SSSR count). The van der Waals surface area contributed by atoms with Crippen LogP contribution in [0.1, 0.15) is 63.0 Å². The fourth-order valence-corrected chi connectivity index (χ4v) is 2.89. The molecule has 21 heavy (non-hydrogen) atoms. The van der Waals surface area contributed by atoms with Gasteiger partial charge in [0.2, 0.25) is 5.91 Å². The zero-order valence-corrected chi connectivity index (χ0v) is 13.1. The number of carbonyl (C=O) groups is 1. The Morgan fingerprint density at radius 2 is 1.71 bits per heavy atom. The minimum Gasteiger partial charge on any atom is -0.350 e. The minimum absolute atomic E-state index is 0.0418. The SMILES string of the molecule is CCc1ccc(/C=C\C(=O)NC2CCCCCCC2)cc1. The molecule has 0 unspecified atom stereocenters. The lowest BCUT2D eigenvalue weighted by Gasteiger charge is -2.20. The van der Waals surface area contributed by atoms with Gasteiger partial charge >= 0.3 is 0 Å². The predicted molar refractivity (Wildman–Crippen MR) is 89.1 cm³/mol. The number of rotatable bonds is 4. The molecule has 0 aliphatic heterocycles. The first-order chi connectivity index (χ1) is 10.3. The molecule has 0 atom stereocenters. The molecule has 0 radical (unpaired) electrons. The van der Waals surface area contributed by atoms with Gasteiger partial charge in [0.05, 0.1) is 0 Å². The number of hydrogen-bond donors (Lipinski definition) is 1. The van der Waals surface area contributed by atoms with E-state index in [4.69, 9.17) is 0 Å². The Labute approximate surface area is 128 Å². The highest BCUT2D eigenvalue weighted by Crippen LogP contribution is 2.17. The van der Waals surface area contributed by atoms with E-state index in [-0.39, 0.29) is 5.91 Å². The third-order valence-electron chi connectivity index (χ3n) is 4.27. The Balaban J connectivity index is 1.83. The maximum Gasteiger partial charge on any atom is 0.244 e. The molecular weight excluding hydrogens is 258 g/mol. The monoisotopic (exact) mass is 285 g/mol. The van der Waals surface area contributed by atoms with E-state index in [0.717, 1.165) is 24.8 Å². The van der Waals surface area contributed by atoms with E-state index in [0.29, 0.717) is 6.04 Å². The molecule has 1 aromatic rings. The van der Waals surface area contributed by atoms with Gasteiger partial charge in [0, 0.05) is 12.1 Å². The van der Waals surface area contributed by atoms with Crippen LogP contribution in [0.15, 0.2) is 30.3 Å². The van der Waals surface area contributed by atoms with Crippen LogP contribution in [0.4, 0.5) is 0 Å². The fraction of sp³-hybridized carbons (Fsp3) is 0.526. The van der Waals surface area contributed by atoms with Crippen LogP contribution in [-0.4, -0.2) is 11.9 Å². The van der Waals surface area contributed by atoms with Crippen molar-refractivity contribution >= 4 is 12.0 Å². The van der Waals surface area contributed by atoms with Crippen LogP contribution >= 0.6 is 0 Å². The molecular formula is C19H27NO. The third-order valence-corrected chi connectivity index (χ3v) is 4.27. The van der Waals surface area contributed by atoms with Crippen molar-refractivity contribution in [3.8, 4) is 0 Å². The van der Waals surface area contributed by atoms with Gasteiger partial charge in [-0.05, 0) is 36.5 Å². The second-order valence-electron chi connectivity index (χ2n) is 5.98. The minimum atomic E-state index is 0.0418. The number of amides is 1. The summed E-state index contributed by atoms with van der Waals surface area (Å²) in [5.41, 5.74) is 2.41. The number of benzene rings is 1. The van der Waals surface area contributed by atoms with Gasteiger partial charge in [-0.2, -0.15) is 0 Å². The summed E-state index contributed by atoms with van der Waals surface area (Å²) in [5, 5.41) is 3.15. The second-order valence-corrected chi connectivity index (χ2v) is 5.98. The summed E-state index contributed by atoms with van der Waals surface area (Å²) in [4.78, 5) is 12.0. The molecule has 0 bridgehead atoms. The van der Waals surface area contributed by atoms with Crippen molar-refractivity contribution in [3.05, 3.63) is 41.5 Å². The molecule has 2 heteroatoms. The topological polar surface area (TPSA) is 29.1 Å². The summed E-state index contributed by atoms with van der Waals surface area (Å²) in [5.74, 6) is 0.0418. The first-order valence-corrected chi connectivity index (χ1v) is 8.35. The van der Waals surface area contributed by atoms with Crippen molar-refractivity contribution in [2.75, 3.05) is 0 Å². The molecule has 0 heterocycles. The summed E-state index contributed by atoms with van der Waals surface area (Å²) in [6.45, 7) is 2.15. The summed E-state index contributed by atoms with van der Waals surface area (Å²) in [6.07, 6.45) is 13.3. The number of aryl methyl sites for hydroxylation is 1.